The van der Waals surface area contributed by atoms with Crippen molar-refractivity contribution in [1.82, 2.24) is 19.6 Å². The average Bonchev–Trinajstić information content (AvgIpc) is 3.54. The van der Waals surface area contributed by atoms with E-state index < -0.39 is 0 Å². The van der Waals surface area contributed by atoms with E-state index in [1.54, 1.807) is 0 Å². The molecule has 2 heterocycles. The van der Waals surface area contributed by atoms with Gasteiger partial charge in [0.25, 0.3) is 5.91 Å². The predicted octanol–water partition coefficient (Wildman–Crippen LogP) is 4.79. The third kappa shape index (κ3) is 4.82. The van der Waals surface area contributed by atoms with Crippen LogP contribution in [0.25, 0.3) is 16.9 Å². The number of carbonyl (C=O) groups excluding carboxylic acids is 2. The number of amides is 1. The van der Waals surface area contributed by atoms with E-state index in [0.717, 1.165) is 71.6 Å². The Bertz CT molecular complexity index is 1400. The zero-order chi connectivity index (χ0) is 25.1. The molecule has 5 rings (SSSR count). The van der Waals surface area contributed by atoms with Crippen molar-refractivity contribution in [3.8, 4) is 11.3 Å². The molecule has 0 saturated heterocycles. The van der Waals surface area contributed by atoms with E-state index in [4.69, 9.17) is 0 Å². The lowest BCUT2D eigenvalue weighted by Gasteiger charge is -2.18. The number of nitrogens with one attached hydrogen (secondary N) is 1. The minimum Gasteiger partial charge on any atom is -0.351 e. The van der Waals surface area contributed by atoms with E-state index in [1.807, 2.05) is 48.8 Å². The number of nitrogens with zero attached hydrogens (tertiary/aromatic N) is 3. The highest BCUT2D eigenvalue weighted by Gasteiger charge is 2.20. The summed E-state index contributed by atoms with van der Waals surface area (Å²) in [6.45, 7) is 7.74. The van der Waals surface area contributed by atoms with Crippen LogP contribution in [-0.2, 0) is 12.8 Å². The molecule has 6 nitrogen and oxygen atoms in total. The standard InChI is InChI=1S/C30H32N4O2/c1-3-33(4-2)17-15-32-30(36)22-7-5-21(6-8-22)19-25-10-13-27(34-18-16-31-29(25)34)24-9-12-26-23(20-24)11-14-28(26)35/h5-10,12-13,16,18,20H,3-4,11,14-15,17,19H2,1-2H3,(H,32,36). The van der Waals surface area contributed by atoms with Gasteiger partial charge in [0.05, 0.1) is 5.69 Å². The molecule has 2 aromatic heterocycles. The van der Waals surface area contributed by atoms with Crippen molar-refractivity contribution in [2.45, 2.75) is 33.1 Å². The molecule has 36 heavy (non-hydrogen) atoms. The van der Waals surface area contributed by atoms with Gasteiger partial charge in [-0.15, -0.1) is 0 Å². The summed E-state index contributed by atoms with van der Waals surface area (Å²) in [6.07, 6.45) is 5.96. The normalized spacial score (nSPS) is 12.9. The summed E-state index contributed by atoms with van der Waals surface area (Å²) in [5.41, 5.74) is 7.99. The molecule has 1 amide bonds. The first-order valence-electron chi connectivity index (χ1n) is 12.8. The first-order chi connectivity index (χ1) is 17.6. The van der Waals surface area contributed by atoms with Gasteiger partial charge in [0, 0.05) is 49.5 Å². The lowest BCUT2D eigenvalue weighted by Crippen LogP contribution is -2.34. The summed E-state index contributed by atoms with van der Waals surface area (Å²) < 4.78 is 2.12. The fourth-order valence-corrected chi connectivity index (χ4v) is 5.02. The molecule has 2 aromatic carbocycles. The second-order valence-electron chi connectivity index (χ2n) is 9.32. The van der Waals surface area contributed by atoms with Gasteiger partial charge >= 0.3 is 0 Å². The summed E-state index contributed by atoms with van der Waals surface area (Å²) in [5.74, 6) is 0.201. The minimum atomic E-state index is -0.0373. The first-order valence-corrected chi connectivity index (χ1v) is 12.8. The number of carbonyl (C=O) groups is 2. The van der Waals surface area contributed by atoms with E-state index in [1.165, 1.54) is 0 Å². The molecule has 0 radical (unpaired) electrons. The number of ketones is 1. The maximum Gasteiger partial charge on any atom is 0.251 e. The molecular formula is C30H32N4O2. The smallest absolute Gasteiger partial charge is 0.251 e. The maximum atomic E-state index is 12.5. The maximum absolute atomic E-state index is 12.5. The zero-order valence-corrected chi connectivity index (χ0v) is 21.0. The van der Waals surface area contributed by atoms with Crippen molar-refractivity contribution in [3.63, 3.8) is 0 Å². The number of aryl methyl sites for hydroxylation is 1. The predicted molar refractivity (Wildman–Crippen MR) is 143 cm³/mol. The number of rotatable bonds is 9. The summed E-state index contributed by atoms with van der Waals surface area (Å²) in [4.78, 5) is 31.4. The summed E-state index contributed by atoms with van der Waals surface area (Å²) in [6, 6.07) is 18.2. The van der Waals surface area contributed by atoms with Crippen molar-refractivity contribution in [2.75, 3.05) is 26.2 Å². The van der Waals surface area contributed by atoms with E-state index in [2.05, 4.69) is 51.6 Å². The lowest BCUT2D eigenvalue weighted by molar-refractivity contribution is 0.0947. The molecule has 0 unspecified atom stereocenters. The average molecular weight is 481 g/mol. The van der Waals surface area contributed by atoms with E-state index in [-0.39, 0.29) is 11.7 Å². The van der Waals surface area contributed by atoms with Gasteiger partial charge in [-0.05, 0) is 66.0 Å². The van der Waals surface area contributed by atoms with Crippen LogP contribution in [0.15, 0.2) is 67.0 Å². The monoisotopic (exact) mass is 480 g/mol. The molecule has 0 atom stereocenters. The third-order valence-corrected chi connectivity index (χ3v) is 7.17. The highest BCUT2D eigenvalue weighted by molar-refractivity contribution is 6.01. The number of likely N-dealkylation sites (N-methyl/N-ethyl adjacent to an activating group) is 1. The summed E-state index contributed by atoms with van der Waals surface area (Å²) in [5, 5.41) is 3.01. The quantitative estimate of drug-likeness (QED) is 0.374. The first kappa shape index (κ1) is 23.9. The molecular weight excluding hydrogens is 448 g/mol. The minimum absolute atomic E-state index is 0.0373. The van der Waals surface area contributed by atoms with Crippen LogP contribution in [0.1, 0.15) is 57.7 Å². The molecule has 0 spiro atoms. The van der Waals surface area contributed by atoms with Gasteiger partial charge in [-0.1, -0.05) is 44.2 Å². The number of benzene rings is 2. The van der Waals surface area contributed by atoms with Crippen LogP contribution in [0.5, 0.6) is 0 Å². The molecule has 6 heteroatoms. The molecule has 1 aliphatic carbocycles. The number of fused-ring (bicyclic) bond motifs is 2. The Labute approximate surface area is 212 Å². The fraction of sp³-hybridized carbons (Fsp3) is 0.300. The van der Waals surface area contributed by atoms with Crippen LogP contribution in [-0.4, -0.2) is 52.2 Å². The Hall–Kier alpha value is -3.77. The molecule has 1 aliphatic rings. The van der Waals surface area contributed by atoms with Crippen molar-refractivity contribution in [1.29, 1.82) is 0 Å². The molecule has 4 aromatic rings. The Morgan fingerprint density at radius 1 is 1.03 bits per heavy atom. The molecule has 0 aliphatic heterocycles. The van der Waals surface area contributed by atoms with Gasteiger partial charge in [0.15, 0.2) is 5.78 Å². The second kappa shape index (κ2) is 10.5. The molecule has 1 N–H and O–H groups in total. The van der Waals surface area contributed by atoms with Gasteiger partial charge in [-0.2, -0.15) is 0 Å². The lowest BCUT2D eigenvalue weighted by atomic mass is 10.0. The van der Waals surface area contributed by atoms with Gasteiger partial charge in [-0.25, -0.2) is 4.98 Å². The summed E-state index contributed by atoms with van der Waals surface area (Å²) in [7, 11) is 0. The van der Waals surface area contributed by atoms with Crippen molar-refractivity contribution < 1.29 is 9.59 Å². The Balaban J connectivity index is 1.30. The fourth-order valence-electron chi connectivity index (χ4n) is 5.02. The van der Waals surface area contributed by atoms with Gasteiger partial charge < -0.3 is 10.2 Å². The van der Waals surface area contributed by atoms with Crippen LogP contribution < -0.4 is 5.32 Å². The molecule has 0 bridgehead atoms. The SMILES string of the molecule is CCN(CC)CCNC(=O)c1ccc(Cc2ccc(-c3ccc4c(c3)CCC4=O)n3ccnc23)cc1. The highest BCUT2D eigenvalue weighted by Crippen LogP contribution is 2.29. The Morgan fingerprint density at radius 2 is 1.83 bits per heavy atom. The van der Waals surface area contributed by atoms with Gasteiger partial charge in [0.1, 0.15) is 5.65 Å². The van der Waals surface area contributed by atoms with Crippen LogP contribution in [0.2, 0.25) is 0 Å². The molecule has 0 saturated carbocycles. The molecule has 184 valence electrons. The number of aromatic nitrogens is 2. The third-order valence-electron chi connectivity index (χ3n) is 7.17. The number of hydrogen-bond acceptors (Lipinski definition) is 4. The largest absolute Gasteiger partial charge is 0.351 e. The van der Waals surface area contributed by atoms with E-state index in [0.29, 0.717) is 18.5 Å². The summed E-state index contributed by atoms with van der Waals surface area (Å²) >= 11 is 0. The number of Topliss-reactive ketones (excluding diaryl/α,β-unsaturated/α-hetero) is 1. The zero-order valence-electron chi connectivity index (χ0n) is 21.0. The highest BCUT2D eigenvalue weighted by atomic mass is 16.1. The number of pyridine rings is 1. The second-order valence-corrected chi connectivity index (χ2v) is 9.32. The van der Waals surface area contributed by atoms with Crippen LogP contribution >= 0.6 is 0 Å². The van der Waals surface area contributed by atoms with Crippen molar-refractivity contribution >= 4 is 17.3 Å². The van der Waals surface area contributed by atoms with E-state index >= 15 is 0 Å². The van der Waals surface area contributed by atoms with Crippen LogP contribution in [0.4, 0.5) is 0 Å². The Kier molecular flexibility index (Phi) is 6.96. The van der Waals surface area contributed by atoms with Crippen LogP contribution in [0, 0.1) is 0 Å². The van der Waals surface area contributed by atoms with Crippen LogP contribution in [0.3, 0.4) is 0 Å². The van der Waals surface area contributed by atoms with E-state index in [9.17, 15) is 9.59 Å². The van der Waals surface area contributed by atoms with Gasteiger partial charge in [-0.3, -0.25) is 14.0 Å². The number of hydrogen-bond donors (Lipinski definition) is 1. The van der Waals surface area contributed by atoms with Crippen molar-refractivity contribution in [2.24, 2.45) is 0 Å². The van der Waals surface area contributed by atoms with Gasteiger partial charge in [0.2, 0.25) is 0 Å². The number of imidazole rings is 1. The Morgan fingerprint density at radius 3 is 2.61 bits per heavy atom. The van der Waals surface area contributed by atoms with Crippen molar-refractivity contribution in [3.05, 3.63) is 94.8 Å². The molecule has 0 fully saturated rings. The topological polar surface area (TPSA) is 66.7 Å².